The molecule has 0 aliphatic heterocycles. The van der Waals surface area contributed by atoms with Gasteiger partial charge in [0, 0.05) is 9.61 Å². The van der Waals surface area contributed by atoms with Crippen LogP contribution in [0.25, 0.3) is 0 Å². The van der Waals surface area contributed by atoms with Crippen molar-refractivity contribution in [2.45, 2.75) is 18.9 Å². The summed E-state index contributed by atoms with van der Waals surface area (Å²) in [5.41, 5.74) is 7.36. The van der Waals surface area contributed by atoms with Crippen molar-refractivity contribution in [1.29, 1.82) is 0 Å². The molecule has 1 aliphatic rings. The fourth-order valence-electron chi connectivity index (χ4n) is 1.44. The lowest BCUT2D eigenvalue weighted by Crippen LogP contribution is -2.12. The summed E-state index contributed by atoms with van der Waals surface area (Å²) in [5, 5.41) is 0. The van der Waals surface area contributed by atoms with Crippen LogP contribution >= 0.6 is 35.0 Å². The molecule has 0 saturated heterocycles. The van der Waals surface area contributed by atoms with Gasteiger partial charge in [0.15, 0.2) is 0 Å². The predicted molar refractivity (Wildman–Crippen MR) is 66.1 cm³/mol. The first-order chi connectivity index (χ1) is 5.77. The predicted octanol–water partition coefficient (Wildman–Crippen LogP) is 3.12. The third-order valence-electron chi connectivity index (χ3n) is 2.36. The van der Waals surface area contributed by atoms with Crippen molar-refractivity contribution in [2.24, 2.45) is 11.7 Å². The van der Waals surface area contributed by atoms with Gasteiger partial charge in [-0.2, -0.15) is 0 Å². The van der Waals surface area contributed by atoms with Gasteiger partial charge in [-0.3, -0.25) is 0 Å². The van der Waals surface area contributed by atoms with Gasteiger partial charge in [0.1, 0.15) is 0 Å². The molecule has 0 unspecified atom stereocenters. The Balaban J connectivity index is 0.000000845. The molecule has 0 amide bonds. The molecule has 1 aliphatic carbocycles. The second-order valence-corrected chi connectivity index (χ2v) is 4.66. The van der Waals surface area contributed by atoms with Crippen molar-refractivity contribution in [1.82, 2.24) is 0 Å². The normalized spacial score (nSPS) is 17.7. The lowest BCUT2D eigenvalue weighted by Gasteiger charge is -2.10. The minimum atomic E-state index is 0. The Morgan fingerprint density at radius 2 is 2.08 bits per heavy atom. The van der Waals surface area contributed by atoms with Crippen LogP contribution in [0.2, 0.25) is 0 Å². The number of benzene rings is 1. The van der Waals surface area contributed by atoms with Crippen molar-refractivity contribution in [3.63, 3.8) is 0 Å². The summed E-state index contributed by atoms with van der Waals surface area (Å²) in [5.74, 6) is 0.753. The summed E-state index contributed by atoms with van der Waals surface area (Å²) in [4.78, 5) is 0. The van der Waals surface area contributed by atoms with E-state index in [0.29, 0.717) is 0 Å². The van der Waals surface area contributed by atoms with Crippen LogP contribution in [-0.4, -0.2) is 0 Å². The molecule has 0 aromatic heterocycles. The minimum absolute atomic E-state index is 0. The maximum Gasteiger partial charge on any atom is 0.0323 e. The van der Waals surface area contributed by atoms with Crippen molar-refractivity contribution in [2.75, 3.05) is 0 Å². The maximum absolute atomic E-state index is 6.07. The number of rotatable bonds is 2. The highest BCUT2D eigenvalue weighted by molar-refractivity contribution is 14.1. The van der Waals surface area contributed by atoms with Crippen LogP contribution in [0, 0.1) is 9.49 Å². The standard InChI is InChI=1S/C10H12IN.ClH/c11-9-3-1-2-8(6-9)10(12)7-4-5-7;/h1-3,6-7,10H,4-5,12H2;1H/t10-;/m1./s1. The first kappa shape index (κ1) is 11.3. The molecule has 1 saturated carbocycles. The van der Waals surface area contributed by atoms with Crippen LogP contribution in [0.15, 0.2) is 24.3 Å². The van der Waals surface area contributed by atoms with Gasteiger partial charge in [0.2, 0.25) is 0 Å². The first-order valence-corrected chi connectivity index (χ1v) is 5.36. The third-order valence-corrected chi connectivity index (χ3v) is 3.03. The largest absolute Gasteiger partial charge is 0.324 e. The second-order valence-electron chi connectivity index (χ2n) is 3.42. The number of hydrogen-bond acceptors (Lipinski definition) is 1. The molecule has 3 heteroatoms. The summed E-state index contributed by atoms with van der Waals surface area (Å²) < 4.78 is 1.28. The zero-order chi connectivity index (χ0) is 8.55. The lowest BCUT2D eigenvalue weighted by atomic mass is 10.0. The van der Waals surface area contributed by atoms with Crippen LogP contribution in [0.5, 0.6) is 0 Å². The molecule has 2 N–H and O–H groups in total. The van der Waals surface area contributed by atoms with Gasteiger partial charge in [0.05, 0.1) is 0 Å². The third kappa shape index (κ3) is 2.82. The number of hydrogen-bond donors (Lipinski definition) is 1. The molecule has 1 aromatic rings. The van der Waals surface area contributed by atoms with E-state index in [1.807, 2.05) is 0 Å². The zero-order valence-corrected chi connectivity index (χ0v) is 10.2. The Hall–Kier alpha value is 0.200. The quantitative estimate of drug-likeness (QED) is 0.835. The molecule has 1 nitrogen and oxygen atoms in total. The molecular formula is C10H13ClIN. The van der Waals surface area contributed by atoms with E-state index in [2.05, 4.69) is 46.9 Å². The minimum Gasteiger partial charge on any atom is -0.324 e. The van der Waals surface area contributed by atoms with Gasteiger partial charge in [-0.15, -0.1) is 12.4 Å². The highest BCUT2D eigenvalue weighted by Gasteiger charge is 2.29. The molecule has 72 valence electrons. The molecule has 2 rings (SSSR count). The summed E-state index contributed by atoms with van der Waals surface area (Å²) in [7, 11) is 0. The van der Waals surface area contributed by atoms with E-state index >= 15 is 0 Å². The molecule has 1 fully saturated rings. The van der Waals surface area contributed by atoms with Crippen LogP contribution < -0.4 is 5.73 Å². The topological polar surface area (TPSA) is 26.0 Å². The summed E-state index contributed by atoms with van der Waals surface area (Å²) >= 11 is 2.33. The maximum atomic E-state index is 6.07. The highest BCUT2D eigenvalue weighted by atomic mass is 127. The number of nitrogens with two attached hydrogens (primary N) is 1. The monoisotopic (exact) mass is 309 g/mol. The SMILES string of the molecule is Cl.N[C@@H](c1cccc(I)c1)C1CC1. The van der Waals surface area contributed by atoms with E-state index in [0.717, 1.165) is 5.92 Å². The molecule has 1 atom stereocenters. The van der Waals surface area contributed by atoms with Crippen LogP contribution in [0.4, 0.5) is 0 Å². The summed E-state index contributed by atoms with van der Waals surface area (Å²) in [6.07, 6.45) is 2.62. The van der Waals surface area contributed by atoms with E-state index < -0.39 is 0 Å². The smallest absolute Gasteiger partial charge is 0.0323 e. The fraction of sp³-hybridized carbons (Fsp3) is 0.400. The average molecular weight is 310 g/mol. The lowest BCUT2D eigenvalue weighted by molar-refractivity contribution is 0.633. The van der Waals surface area contributed by atoms with E-state index in [4.69, 9.17) is 5.73 Å². The highest BCUT2D eigenvalue weighted by Crippen LogP contribution is 2.39. The summed E-state index contributed by atoms with van der Waals surface area (Å²) in [6, 6.07) is 8.78. The zero-order valence-electron chi connectivity index (χ0n) is 7.24. The Kier molecular flexibility index (Phi) is 4.01. The average Bonchev–Trinajstić information content (AvgIpc) is 2.85. The molecule has 0 heterocycles. The van der Waals surface area contributed by atoms with Crippen molar-refractivity contribution >= 4 is 35.0 Å². The molecule has 0 bridgehead atoms. The molecule has 0 radical (unpaired) electrons. The van der Waals surface area contributed by atoms with Gasteiger partial charge >= 0.3 is 0 Å². The van der Waals surface area contributed by atoms with Crippen molar-refractivity contribution < 1.29 is 0 Å². The van der Waals surface area contributed by atoms with Crippen molar-refractivity contribution in [3.8, 4) is 0 Å². The van der Waals surface area contributed by atoms with Gasteiger partial charge in [-0.1, -0.05) is 12.1 Å². The Morgan fingerprint density at radius 3 is 2.62 bits per heavy atom. The van der Waals surface area contributed by atoms with Crippen molar-refractivity contribution in [3.05, 3.63) is 33.4 Å². The second kappa shape index (κ2) is 4.62. The van der Waals surface area contributed by atoms with Gasteiger partial charge in [-0.05, 0) is 59.0 Å². The van der Waals surface area contributed by atoms with Crippen LogP contribution in [0.1, 0.15) is 24.4 Å². The van der Waals surface area contributed by atoms with E-state index in [1.165, 1.54) is 22.0 Å². The van der Waals surface area contributed by atoms with E-state index in [-0.39, 0.29) is 18.4 Å². The van der Waals surface area contributed by atoms with Gasteiger partial charge in [-0.25, -0.2) is 0 Å². The van der Waals surface area contributed by atoms with Gasteiger partial charge < -0.3 is 5.73 Å². The van der Waals surface area contributed by atoms with Crippen LogP contribution in [0.3, 0.4) is 0 Å². The summed E-state index contributed by atoms with van der Waals surface area (Å²) in [6.45, 7) is 0. The Labute approximate surface area is 98.6 Å². The Bertz CT molecular complexity index is 286. The van der Waals surface area contributed by atoms with Crippen LogP contribution in [-0.2, 0) is 0 Å². The first-order valence-electron chi connectivity index (χ1n) is 4.28. The molecular weight excluding hydrogens is 296 g/mol. The van der Waals surface area contributed by atoms with Gasteiger partial charge in [0.25, 0.3) is 0 Å². The Morgan fingerprint density at radius 1 is 1.38 bits per heavy atom. The fourth-order valence-corrected chi connectivity index (χ4v) is 2.01. The molecule has 1 aromatic carbocycles. The molecule has 0 spiro atoms. The number of halogens is 2. The van der Waals surface area contributed by atoms with E-state index in [1.54, 1.807) is 0 Å². The van der Waals surface area contributed by atoms with E-state index in [9.17, 15) is 0 Å². The molecule has 13 heavy (non-hydrogen) atoms.